The smallest absolute Gasteiger partial charge is 0.148 e. The molecule has 0 radical (unpaired) electrons. The summed E-state index contributed by atoms with van der Waals surface area (Å²) in [7, 11) is 0. The van der Waals surface area contributed by atoms with E-state index in [1.807, 2.05) is 5.38 Å². The van der Waals surface area contributed by atoms with E-state index in [0.29, 0.717) is 22.7 Å². The minimum Gasteiger partial charge on any atom is -0.328 e. The van der Waals surface area contributed by atoms with Gasteiger partial charge in [0.25, 0.3) is 0 Å². The first-order valence-electron chi connectivity index (χ1n) is 4.80. The van der Waals surface area contributed by atoms with Gasteiger partial charge in [-0.3, -0.25) is 0 Å². The standard InChI is InChI=1S/C10H13ClFNS/c11-8-3-5-14-9(8)10(12)4-1-2-7(13)6-10/h3,5,7H,1-2,4,6,13H2. The second-order valence-corrected chi connectivity index (χ2v) is 5.24. The van der Waals surface area contributed by atoms with Crippen LogP contribution >= 0.6 is 22.9 Å². The number of halogens is 2. The zero-order chi connectivity index (χ0) is 10.2. The number of thiophene rings is 1. The van der Waals surface area contributed by atoms with E-state index < -0.39 is 5.67 Å². The SMILES string of the molecule is NC1CCCC(F)(c2sccc2Cl)C1. The summed E-state index contributed by atoms with van der Waals surface area (Å²) in [5.74, 6) is 0. The van der Waals surface area contributed by atoms with Crippen LogP contribution in [0.15, 0.2) is 11.4 Å². The molecule has 78 valence electrons. The van der Waals surface area contributed by atoms with Crippen LogP contribution in [0.25, 0.3) is 0 Å². The molecule has 1 fully saturated rings. The van der Waals surface area contributed by atoms with Gasteiger partial charge in [-0.25, -0.2) is 4.39 Å². The van der Waals surface area contributed by atoms with Crippen LogP contribution < -0.4 is 5.73 Å². The third-order valence-corrected chi connectivity index (χ3v) is 4.28. The molecule has 1 nitrogen and oxygen atoms in total. The lowest BCUT2D eigenvalue weighted by atomic mass is 9.82. The lowest BCUT2D eigenvalue weighted by molar-refractivity contribution is 0.0989. The van der Waals surface area contributed by atoms with Crippen molar-refractivity contribution in [2.75, 3.05) is 0 Å². The van der Waals surface area contributed by atoms with Crippen molar-refractivity contribution >= 4 is 22.9 Å². The van der Waals surface area contributed by atoms with Crippen LogP contribution in [0.1, 0.15) is 30.6 Å². The van der Waals surface area contributed by atoms with Crippen molar-refractivity contribution in [3.05, 3.63) is 21.3 Å². The molecular formula is C10H13ClFNS. The van der Waals surface area contributed by atoms with E-state index in [-0.39, 0.29) is 6.04 Å². The van der Waals surface area contributed by atoms with Gasteiger partial charge in [0.1, 0.15) is 5.67 Å². The Labute approximate surface area is 92.1 Å². The van der Waals surface area contributed by atoms with E-state index in [9.17, 15) is 4.39 Å². The molecule has 1 aliphatic rings. The van der Waals surface area contributed by atoms with Crippen molar-refractivity contribution < 1.29 is 4.39 Å². The Morgan fingerprint density at radius 2 is 2.43 bits per heavy atom. The van der Waals surface area contributed by atoms with Crippen LogP contribution in [-0.4, -0.2) is 6.04 Å². The first-order chi connectivity index (χ1) is 6.62. The molecule has 0 saturated heterocycles. The number of alkyl halides is 1. The molecule has 0 aromatic carbocycles. The normalized spacial score (nSPS) is 33.2. The lowest BCUT2D eigenvalue weighted by Gasteiger charge is -2.32. The fraction of sp³-hybridized carbons (Fsp3) is 0.600. The number of nitrogens with two attached hydrogens (primary N) is 1. The molecule has 0 bridgehead atoms. The topological polar surface area (TPSA) is 26.0 Å². The van der Waals surface area contributed by atoms with Gasteiger partial charge in [0.05, 0.1) is 9.90 Å². The number of hydrogen-bond acceptors (Lipinski definition) is 2. The van der Waals surface area contributed by atoms with Gasteiger partial charge in [0, 0.05) is 12.5 Å². The third-order valence-electron chi connectivity index (χ3n) is 2.76. The van der Waals surface area contributed by atoms with Crippen molar-refractivity contribution in [2.24, 2.45) is 5.73 Å². The van der Waals surface area contributed by atoms with Gasteiger partial charge in [0.2, 0.25) is 0 Å². The molecule has 4 heteroatoms. The van der Waals surface area contributed by atoms with E-state index in [1.54, 1.807) is 6.07 Å². The summed E-state index contributed by atoms with van der Waals surface area (Å²) >= 11 is 7.33. The highest BCUT2D eigenvalue weighted by Gasteiger charge is 2.39. The Hall–Kier alpha value is -0.120. The maximum Gasteiger partial charge on any atom is 0.148 e. The molecule has 0 amide bonds. The molecule has 0 aliphatic heterocycles. The first-order valence-corrected chi connectivity index (χ1v) is 6.05. The van der Waals surface area contributed by atoms with Crippen LogP contribution in [0.5, 0.6) is 0 Å². The Kier molecular flexibility index (Phi) is 2.82. The highest BCUT2D eigenvalue weighted by atomic mass is 35.5. The van der Waals surface area contributed by atoms with Crippen molar-refractivity contribution in [3.63, 3.8) is 0 Å². The van der Waals surface area contributed by atoms with E-state index in [4.69, 9.17) is 17.3 Å². The molecule has 1 aromatic rings. The summed E-state index contributed by atoms with van der Waals surface area (Å²) in [6.45, 7) is 0. The minimum atomic E-state index is -1.27. The number of hydrogen-bond donors (Lipinski definition) is 1. The Morgan fingerprint density at radius 1 is 1.64 bits per heavy atom. The molecule has 1 aliphatic carbocycles. The van der Waals surface area contributed by atoms with Crippen molar-refractivity contribution in [2.45, 2.75) is 37.4 Å². The van der Waals surface area contributed by atoms with Crippen molar-refractivity contribution in [3.8, 4) is 0 Å². The first kappa shape index (κ1) is 10.4. The van der Waals surface area contributed by atoms with Crippen LogP contribution in [0, 0.1) is 0 Å². The molecule has 1 heterocycles. The largest absolute Gasteiger partial charge is 0.328 e. The van der Waals surface area contributed by atoms with Gasteiger partial charge in [-0.2, -0.15) is 0 Å². The molecule has 1 saturated carbocycles. The van der Waals surface area contributed by atoms with Crippen LogP contribution in [0.3, 0.4) is 0 Å². The van der Waals surface area contributed by atoms with Gasteiger partial charge in [-0.05, 0) is 30.7 Å². The summed E-state index contributed by atoms with van der Waals surface area (Å²) in [4.78, 5) is 0.661. The third kappa shape index (κ3) is 1.81. The zero-order valence-corrected chi connectivity index (χ0v) is 9.37. The average Bonchev–Trinajstić information content (AvgIpc) is 2.51. The highest BCUT2D eigenvalue weighted by molar-refractivity contribution is 7.10. The van der Waals surface area contributed by atoms with E-state index in [1.165, 1.54) is 11.3 Å². The summed E-state index contributed by atoms with van der Waals surface area (Å²) in [6, 6.07) is 1.73. The van der Waals surface area contributed by atoms with Gasteiger partial charge in [-0.15, -0.1) is 11.3 Å². The molecule has 2 rings (SSSR count). The molecule has 2 N–H and O–H groups in total. The Morgan fingerprint density at radius 3 is 3.00 bits per heavy atom. The summed E-state index contributed by atoms with van der Waals surface area (Å²) in [5.41, 5.74) is 4.51. The average molecular weight is 234 g/mol. The van der Waals surface area contributed by atoms with Crippen LogP contribution in [0.4, 0.5) is 4.39 Å². The fourth-order valence-corrected chi connectivity index (χ4v) is 3.44. The molecule has 1 aromatic heterocycles. The van der Waals surface area contributed by atoms with Crippen molar-refractivity contribution in [1.29, 1.82) is 0 Å². The summed E-state index contributed by atoms with van der Waals surface area (Å²) in [6.07, 6.45) is 2.74. The summed E-state index contributed by atoms with van der Waals surface area (Å²) in [5, 5.41) is 2.38. The molecule has 14 heavy (non-hydrogen) atoms. The summed E-state index contributed by atoms with van der Waals surface area (Å²) < 4.78 is 14.5. The molecule has 2 atom stereocenters. The lowest BCUT2D eigenvalue weighted by Crippen LogP contribution is -2.35. The zero-order valence-electron chi connectivity index (χ0n) is 7.80. The Balaban J connectivity index is 2.27. The predicted molar refractivity (Wildman–Crippen MR) is 58.6 cm³/mol. The van der Waals surface area contributed by atoms with Gasteiger partial charge >= 0.3 is 0 Å². The quantitative estimate of drug-likeness (QED) is 0.790. The fourth-order valence-electron chi connectivity index (χ4n) is 2.08. The van der Waals surface area contributed by atoms with E-state index in [0.717, 1.165) is 12.8 Å². The van der Waals surface area contributed by atoms with Gasteiger partial charge in [-0.1, -0.05) is 11.6 Å². The maximum absolute atomic E-state index is 14.5. The molecule has 2 unspecified atom stereocenters. The monoisotopic (exact) mass is 233 g/mol. The van der Waals surface area contributed by atoms with Gasteiger partial charge in [0.15, 0.2) is 0 Å². The Bertz CT molecular complexity index is 328. The second kappa shape index (κ2) is 3.80. The van der Waals surface area contributed by atoms with E-state index >= 15 is 0 Å². The molecular weight excluding hydrogens is 221 g/mol. The van der Waals surface area contributed by atoms with Crippen LogP contribution in [0.2, 0.25) is 5.02 Å². The molecule has 0 spiro atoms. The maximum atomic E-state index is 14.5. The second-order valence-electron chi connectivity index (χ2n) is 3.92. The predicted octanol–water partition coefficient (Wildman–Crippen LogP) is 3.47. The van der Waals surface area contributed by atoms with Crippen LogP contribution in [-0.2, 0) is 5.67 Å². The van der Waals surface area contributed by atoms with Crippen molar-refractivity contribution in [1.82, 2.24) is 0 Å². The minimum absolute atomic E-state index is 0.0214. The van der Waals surface area contributed by atoms with Gasteiger partial charge < -0.3 is 5.73 Å². The van der Waals surface area contributed by atoms with E-state index in [2.05, 4.69) is 0 Å². The highest BCUT2D eigenvalue weighted by Crippen LogP contribution is 2.45. The number of rotatable bonds is 1.